The number of nitrogens with one attached hydrogen (secondary N) is 2. The van der Waals surface area contributed by atoms with Gasteiger partial charge < -0.3 is 20.1 Å². The zero-order valence-corrected chi connectivity index (χ0v) is 17.2. The first kappa shape index (κ1) is 21.5. The van der Waals surface area contributed by atoms with Gasteiger partial charge in [-0.25, -0.2) is 8.78 Å². The topological polar surface area (TPSA) is 58.1 Å². The number of hydrogen-bond donors (Lipinski definition) is 2. The molecule has 0 saturated carbocycles. The summed E-state index contributed by atoms with van der Waals surface area (Å²) in [5, 5.41) is 8.59. The third-order valence-corrected chi connectivity index (χ3v) is 5.56. The van der Waals surface area contributed by atoms with E-state index in [1.54, 1.807) is 18.4 Å². The number of morpholine rings is 1. The number of hydrogen-bond acceptors (Lipinski definition) is 5. The van der Waals surface area contributed by atoms with Gasteiger partial charge in [-0.2, -0.15) is 0 Å². The van der Waals surface area contributed by atoms with Crippen LogP contribution in [0.3, 0.4) is 0 Å². The summed E-state index contributed by atoms with van der Waals surface area (Å²) >= 11 is 1.74. The molecule has 1 aliphatic heterocycles. The minimum atomic E-state index is -0.711. The van der Waals surface area contributed by atoms with Gasteiger partial charge in [0, 0.05) is 37.6 Å². The first-order chi connectivity index (χ1) is 14.2. The largest absolute Gasteiger partial charge is 0.489 e. The standard InChI is InChI=1S/C20H26F2N4O2S/c1-23-20(24-6-9-28-18-5-4-15(21)13-16(18)22)25-14-17(19-3-2-12-29-19)26-7-10-27-11-8-26/h2-5,12-13,17H,6-11,14H2,1H3,(H2,23,24,25). The van der Waals surface area contributed by atoms with Crippen LogP contribution in [0.1, 0.15) is 10.9 Å². The lowest BCUT2D eigenvalue weighted by molar-refractivity contribution is 0.0177. The highest BCUT2D eigenvalue weighted by atomic mass is 32.1. The maximum atomic E-state index is 13.6. The van der Waals surface area contributed by atoms with Gasteiger partial charge >= 0.3 is 0 Å². The molecule has 1 saturated heterocycles. The molecule has 0 amide bonds. The van der Waals surface area contributed by atoms with E-state index in [-0.39, 0.29) is 18.4 Å². The van der Waals surface area contributed by atoms with Gasteiger partial charge in [-0.05, 0) is 23.6 Å². The Morgan fingerprint density at radius 2 is 2.10 bits per heavy atom. The highest BCUT2D eigenvalue weighted by molar-refractivity contribution is 7.10. The van der Waals surface area contributed by atoms with Crippen LogP contribution in [0.4, 0.5) is 8.78 Å². The van der Waals surface area contributed by atoms with Crippen LogP contribution in [0, 0.1) is 11.6 Å². The predicted molar refractivity (Wildman–Crippen MR) is 111 cm³/mol. The van der Waals surface area contributed by atoms with Gasteiger partial charge in [0.05, 0.1) is 25.8 Å². The van der Waals surface area contributed by atoms with Crippen molar-refractivity contribution in [2.75, 3.05) is 53.0 Å². The summed E-state index contributed by atoms with van der Waals surface area (Å²) < 4.78 is 37.4. The van der Waals surface area contributed by atoms with Crippen LogP contribution in [0.25, 0.3) is 0 Å². The summed E-state index contributed by atoms with van der Waals surface area (Å²) in [5.74, 6) is -0.667. The summed E-state index contributed by atoms with van der Waals surface area (Å²) in [6.45, 7) is 4.63. The van der Waals surface area contributed by atoms with Crippen molar-refractivity contribution in [2.45, 2.75) is 6.04 Å². The third kappa shape index (κ3) is 6.38. The highest BCUT2D eigenvalue weighted by Crippen LogP contribution is 2.25. The monoisotopic (exact) mass is 424 g/mol. The van der Waals surface area contributed by atoms with Crippen LogP contribution in [-0.2, 0) is 4.74 Å². The smallest absolute Gasteiger partial charge is 0.191 e. The summed E-state index contributed by atoms with van der Waals surface area (Å²) in [6, 6.07) is 7.70. The molecule has 0 spiro atoms. The molecule has 2 heterocycles. The Morgan fingerprint density at radius 3 is 2.79 bits per heavy atom. The summed E-state index contributed by atoms with van der Waals surface area (Å²) in [4.78, 5) is 7.94. The van der Waals surface area contributed by atoms with Gasteiger partial charge in [0.2, 0.25) is 0 Å². The van der Waals surface area contributed by atoms with Crippen molar-refractivity contribution in [2.24, 2.45) is 4.99 Å². The lowest BCUT2D eigenvalue weighted by Gasteiger charge is -2.34. The summed E-state index contributed by atoms with van der Waals surface area (Å²) in [6.07, 6.45) is 0. The molecule has 1 aliphatic rings. The number of thiophene rings is 1. The van der Waals surface area contributed by atoms with E-state index in [0.29, 0.717) is 19.0 Å². The quantitative estimate of drug-likeness (QED) is 0.388. The van der Waals surface area contributed by atoms with Crippen molar-refractivity contribution in [3.8, 4) is 5.75 Å². The molecule has 1 fully saturated rings. The van der Waals surface area contributed by atoms with Gasteiger partial charge in [-0.3, -0.25) is 9.89 Å². The fourth-order valence-corrected chi connectivity index (χ4v) is 3.98. The molecule has 2 aromatic rings. The van der Waals surface area contributed by atoms with Crippen LogP contribution in [0.2, 0.25) is 0 Å². The van der Waals surface area contributed by atoms with E-state index in [9.17, 15) is 8.78 Å². The van der Waals surface area contributed by atoms with Gasteiger partial charge in [0.1, 0.15) is 12.4 Å². The Labute approximate surface area is 173 Å². The number of guanidine groups is 1. The number of rotatable bonds is 8. The third-order valence-electron chi connectivity index (χ3n) is 4.59. The number of nitrogens with zero attached hydrogens (tertiary/aromatic N) is 2. The van der Waals surface area contributed by atoms with E-state index >= 15 is 0 Å². The number of benzene rings is 1. The molecule has 1 unspecified atom stereocenters. The van der Waals surface area contributed by atoms with E-state index in [2.05, 4.69) is 38.0 Å². The molecule has 1 aromatic carbocycles. The molecule has 2 N–H and O–H groups in total. The second-order valence-corrected chi connectivity index (χ2v) is 7.46. The van der Waals surface area contributed by atoms with E-state index < -0.39 is 11.6 Å². The normalized spacial score (nSPS) is 16.4. The predicted octanol–water partition coefficient (Wildman–Crippen LogP) is 2.64. The van der Waals surface area contributed by atoms with Crippen LogP contribution < -0.4 is 15.4 Å². The number of aliphatic imine (C=N–C) groups is 1. The fraction of sp³-hybridized carbons (Fsp3) is 0.450. The van der Waals surface area contributed by atoms with Crippen molar-refractivity contribution in [3.05, 3.63) is 52.2 Å². The first-order valence-electron chi connectivity index (χ1n) is 9.55. The van der Waals surface area contributed by atoms with Crippen LogP contribution >= 0.6 is 11.3 Å². The van der Waals surface area contributed by atoms with Gasteiger partial charge in [-0.1, -0.05) is 6.07 Å². The molecule has 158 valence electrons. The molecule has 3 rings (SSSR count). The van der Waals surface area contributed by atoms with Gasteiger partial charge in [-0.15, -0.1) is 11.3 Å². The van der Waals surface area contributed by atoms with Crippen LogP contribution in [0.15, 0.2) is 40.7 Å². The molecule has 0 radical (unpaired) electrons. The van der Waals surface area contributed by atoms with Crippen LogP contribution in [-0.4, -0.2) is 63.9 Å². The number of halogens is 2. The zero-order valence-electron chi connectivity index (χ0n) is 16.4. The molecule has 9 heteroatoms. The SMILES string of the molecule is CN=C(NCCOc1ccc(F)cc1F)NCC(c1cccs1)N1CCOCC1. The van der Waals surface area contributed by atoms with Gasteiger partial charge in [0.25, 0.3) is 0 Å². The van der Waals surface area contributed by atoms with Crippen LogP contribution in [0.5, 0.6) is 5.75 Å². The first-order valence-corrected chi connectivity index (χ1v) is 10.4. The van der Waals surface area contributed by atoms with E-state index in [1.165, 1.54) is 17.0 Å². The fourth-order valence-electron chi connectivity index (χ4n) is 3.12. The molecule has 6 nitrogen and oxygen atoms in total. The average molecular weight is 425 g/mol. The Bertz CT molecular complexity index is 783. The second-order valence-electron chi connectivity index (χ2n) is 6.48. The number of ether oxygens (including phenoxy) is 2. The summed E-state index contributed by atoms with van der Waals surface area (Å²) in [7, 11) is 1.70. The molecular weight excluding hydrogens is 398 g/mol. The van der Waals surface area contributed by atoms with E-state index in [1.807, 2.05) is 0 Å². The van der Waals surface area contributed by atoms with Gasteiger partial charge in [0.15, 0.2) is 17.5 Å². The maximum Gasteiger partial charge on any atom is 0.191 e. The maximum absolute atomic E-state index is 13.6. The highest BCUT2D eigenvalue weighted by Gasteiger charge is 2.23. The molecule has 0 aliphatic carbocycles. The minimum Gasteiger partial charge on any atom is -0.489 e. The Morgan fingerprint density at radius 1 is 1.28 bits per heavy atom. The average Bonchev–Trinajstić information content (AvgIpc) is 3.26. The Hall–Kier alpha value is -2.23. The zero-order chi connectivity index (χ0) is 20.5. The van der Waals surface area contributed by atoms with Crippen molar-refractivity contribution in [1.82, 2.24) is 15.5 Å². The lowest BCUT2D eigenvalue weighted by Crippen LogP contribution is -2.46. The second kappa shape index (κ2) is 11.1. The summed E-state index contributed by atoms with van der Waals surface area (Å²) in [5.41, 5.74) is 0. The molecule has 1 atom stereocenters. The van der Waals surface area contributed by atoms with Crippen molar-refractivity contribution < 1.29 is 18.3 Å². The molecule has 1 aromatic heterocycles. The molecule has 0 bridgehead atoms. The molecule has 29 heavy (non-hydrogen) atoms. The lowest BCUT2D eigenvalue weighted by atomic mass is 10.2. The van der Waals surface area contributed by atoms with Crippen molar-refractivity contribution >= 4 is 17.3 Å². The van der Waals surface area contributed by atoms with E-state index in [0.717, 1.165) is 32.4 Å². The minimum absolute atomic E-state index is 0.0289. The van der Waals surface area contributed by atoms with Crippen molar-refractivity contribution in [3.63, 3.8) is 0 Å². The van der Waals surface area contributed by atoms with Crippen molar-refractivity contribution in [1.29, 1.82) is 0 Å². The molecular formula is C20H26F2N4O2S. The Kier molecular flexibility index (Phi) is 8.21. The Balaban J connectivity index is 1.47. The van der Waals surface area contributed by atoms with E-state index in [4.69, 9.17) is 9.47 Å².